The van der Waals surface area contributed by atoms with Crippen LogP contribution in [0.4, 0.5) is 0 Å². The summed E-state index contributed by atoms with van der Waals surface area (Å²) < 4.78 is 6.58. The van der Waals surface area contributed by atoms with E-state index < -0.39 is 0 Å². The Balaban J connectivity index is 2.28. The van der Waals surface area contributed by atoms with Crippen molar-refractivity contribution in [3.63, 3.8) is 0 Å². The third kappa shape index (κ3) is 4.10. The largest absolute Gasteiger partial charge is 0.465 e. The van der Waals surface area contributed by atoms with Crippen molar-refractivity contribution in [2.24, 2.45) is 7.05 Å². The number of thioether (sulfide) groups is 1. The highest BCUT2D eigenvalue weighted by atomic mass is 32.2. The van der Waals surface area contributed by atoms with Crippen molar-refractivity contribution in [1.82, 2.24) is 4.57 Å². The number of ether oxygens (including phenoxy) is 1. The summed E-state index contributed by atoms with van der Waals surface area (Å²) in [6, 6.07) is 1.77. The predicted octanol–water partition coefficient (Wildman–Crippen LogP) is 1.50. The number of nitrogens with zero attached hydrogens (tertiary/aromatic N) is 1. The second-order valence-electron chi connectivity index (χ2n) is 3.29. The number of esters is 1. The minimum absolute atomic E-state index is 0.0369. The molecule has 88 valence electrons. The Hall–Kier alpha value is -1.23. The first kappa shape index (κ1) is 12.8. The van der Waals surface area contributed by atoms with Crippen LogP contribution in [0.5, 0.6) is 0 Å². The quantitative estimate of drug-likeness (QED) is 0.559. The number of aromatic nitrogens is 1. The third-order valence-corrected chi connectivity index (χ3v) is 2.82. The lowest BCUT2D eigenvalue weighted by atomic mass is 10.2. The molecule has 16 heavy (non-hydrogen) atoms. The normalized spacial score (nSPS) is 10.1. The van der Waals surface area contributed by atoms with Crippen LogP contribution in [0, 0.1) is 0 Å². The van der Waals surface area contributed by atoms with Gasteiger partial charge in [-0.05, 0) is 13.0 Å². The molecule has 0 atom stereocenters. The van der Waals surface area contributed by atoms with Crippen molar-refractivity contribution in [1.29, 1.82) is 0 Å². The van der Waals surface area contributed by atoms with Gasteiger partial charge >= 0.3 is 5.97 Å². The van der Waals surface area contributed by atoms with E-state index in [-0.39, 0.29) is 17.5 Å². The minimum Gasteiger partial charge on any atom is -0.465 e. The van der Waals surface area contributed by atoms with Gasteiger partial charge in [0.1, 0.15) is 0 Å². The standard InChI is InChI=1S/C11H15NO3S/c1-3-15-11(14)8-16-7-10(13)9-4-5-12(2)6-9/h4-6H,3,7-8H2,1-2H3. The zero-order chi connectivity index (χ0) is 12.0. The summed E-state index contributed by atoms with van der Waals surface area (Å²) in [6.07, 6.45) is 3.59. The lowest BCUT2D eigenvalue weighted by Gasteiger charge is -2.00. The molecule has 1 aromatic heterocycles. The summed E-state index contributed by atoms with van der Waals surface area (Å²) in [5.41, 5.74) is 0.679. The van der Waals surface area contributed by atoms with Crippen molar-refractivity contribution < 1.29 is 14.3 Å². The van der Waals surface area contributed by atoms with Crippen molar-refractivity contribution in [3.05, 3.63) is 24.0 Å². The van der Waals surface area contributed by atoms with Crippen LogP contribution in [-0.2, 0) is 16.6 Å². The molecule has 0 amide bonds. The molecule has 1 aromatic rings. The van der Waals surface area contributed by atoms with Crippen LogP contribution in [-0.4, -0.2) is 34.4 Å². The molecule has 0 aliphatic rings. The molecule has 1 rings (SSSR count). The van der Waals surface area contributed by atoms with Gasteiger partial charge in [0.15, 0.2) is 5.78 Å². The Labute approximate surface area is 99.0 Å². The Morgan fingerprint density at radius 1 is 1.44 bits per heavy atom. The average Bonchev–Trinajstić information content (AvgIpc) is 2.65. The van der Waals surface area contributed by atoms with Crippen molar-refractivity contribution in [2.75, 3.05) is 18.1 Å². The van der Waals surface area contributed by atoms with Crippen LogP contribution >= 0.6 is 11.8 Å². The van der Waals surface area contributed by atoms with E-state index in [0.29, 0.717) is 17.9 Å². The Morgan fingerprint density at radius 2 is 2.19 bits per heavy atom. The topological polar surface area (TPSA) is 48.3 Å². The highest BCUT2D eigenvalue weighted by Crippen LogP contribution is 2.08. The molecule has 5 heteroatoms. The SMILES string of the molecule is CCOC(=O)CSCC(=O)c1ccn(C)c1. The van der Waals surface area contributed by atoms with Gasteiger partial charge in [-0.1, -0.05) is 0 Å². The van der Waals surface area contributed by atoms with E-state index in [1.165, 1.54) is 11.8 Å². The summed E-state index contributed by atoms with van der Waals surface area (Å²) in [6.45, 7) is 2.14. The van der Waals surface area contributed by atoms with Gasteiger partial charge in [-0.2, -0.15) is 0 Å². The van der Waals surface area contributed by atoms with E-state index in [2.05, 4.69) is 0 Å². The molecule has 0 bridgehead atoms. The first-order valence-corrected chi connectivity index (χ1v) is 6.17. The molecule has 0 aromatic carbocycles. The monoisotopic (exact) mass is 241 g/mol. The fourth-order valence-electron chi connectivity index (χ4n) is 1.18. The minimum atomic E-state index is -0.270. The maximum absolute atomic E-state index is 11.6. The summed E-state index contributed by atoms with van der Waals surface area (Å²) in [5.74, 6) is 0.304. The van der Waals surface area contributed by atoms with Crippen LogP contribution in [0.25, 0.3) is 0 Å². The molecule has 0 radical (unpaired) electrons. The number of ketones is 1. The van der Waals surface area contributed by atoms with E-state index in [1.54, 1.807) is 19.2 Å². The van der Waals surface area contributed by atoms with Gasteiger partial charge in [-0.3, -0.25) is 9.59 Å². The van der Waals surface area contributed by atoms with E-state index in [9.17, 15) is 9.59 Å². The average molecular weight is 241 g/mol. The maximum atomic E-state index is 11.6. The van der Waals surface area contributed by atoms with Crippen molar-refractivity contribution >= 4 is 23.5 Å². The van der Waals surface area contributed by atoms with Crippen LogP contribution in [0.15, 0.2) is 18.5 Å². The molecule has 0 fully saturated rings. The molecule has 0 saturated carbocycles. The number of hydrogen-bond acceptors (Lipinski definition) is 4. The zero-order valence-electron chi connectivity index (χ0n) is 9.43. The van der Waals surface area contributed by atoms with E-state index in [1.807, 2.05) is 17.8 Å². The number of hydrogen-bond donors (Lipinski definition) is 0. The molecule has 4 nitrogen and oxygen atoms in total. The Kier molecular flexibility index (Phi) is 5.11. The summed E-state index contributed by atoms with van der Waals surface area (Å²) >= 11 is 1.28. The molecule has 1 heterocycles. The van der Waals surface area contributed by atoms with Crippen LogP contribution in [0.2, 0.25) is 0 Å². The number of aryl methyl sites for hydroxylation is 1. The zero-order valence-corrected chi connectivity index (χ0v) is 10.3. The van der Waals surface area contributed by atoms with Gasteiger partial charge in [0.05, 0.1) is 18.1 Å². The fraction of sp³-hybridized carbons (Fsp3) is 0.455. The second kappa shape index (κ2) is 6.37. The van der Waals surface area contributed by atoms with Crippen molar-refractivity contribution in [2.45, 2.75) is 6.92 Å². The predicted molar refractivity (Wildman–Crippen MR) is 63.7 cm³/mol. The number of carbonyl (C=O) groups excluding carboxylic acids is 2. The first-order chi connectivity index (χ1) is 7.63. The third-order valence-electron chi connectivity index (χ3n) is 1.91. The van der Waals surface area contributed by atoms with E-state index in [4.69, 9.17) is 4.74 Å². The van der Waals surface area contributed by atoms with Crippen molar-refractivity contribution in [3.8, 4) is 0 Å². The second-order valence-corrected chi connectivity index (χ2v) is 4.27. The summed E-state index contributed by atoms with van der Waals surface area (Å²) in [5, 5.41) is 0. The lowest BCUT2D eigenvalue weighted by molar-refractivity contribution is -0.139. The van der Waals surface area contributed by atoms with Crippen LogP contribution < -0.4 is 0 Å². The first-order valence-electron chi connectivity index (χ1n) is 5.02. The Bertz CT molecular complexity index is 373. The number of carbonyl (C=O) groups is 2. The molecule has 0 N–H and O–H groups in total. The van der Waals surface area contributed by atoms with Gasteiger partial charge in [-0.15, -0.1) is 11.8 Å². The van der Waals surface area contributed by atoms with Gasteiger partial charge in [-0.25, -0.2) is 0 Å². The molecule has 0 aliphatic carbocycles. The fourth-order valence-corrected chi connectivity index (χ4v) is 1.89. The van der Waals surface area contributed by atoms with Gasteiger partial charge in [0.2, 0.25) is 0 Å². The lowest BCUT2D eigenvalue weighted by Crippen LogP contribution is -2.09. The number of Topliss-reactive ketones (excluding diaryl/α,β-unsaturated/α-hetero) is 1. The highest BCUT2D eigenvalue weighted by molar-refractivity contribution is 8.00. The van der Waals surface area contributed by atoms with Gasteiger partial charge in [0.25, 0.3) is 0 Å². The smallest absolute Gasteiger partial charge is 0.315 e. The van der Waals surface area contributed by atoms with Gasteiger partial charge < -0.3 is 9.30 Å². The molecular formula is C11H15NO3S. The van der Waals surface area contributed by atoms with Crippen LogP contribution in [0.3, 0.4) is 0 Å². The molecule has 0 unspecified atom stereocenters. The van der Waals surface area contributed by atoms with Crippen LogP contribution in [0.1, 0.15) is 17.3 Å². The highest BCUT2D eigenvalue weighted by Gasteiger charge is 2.09. The summed E-state index contributed by atoms with van der Waals surface area (Å²) in [7, 11) is 1.86. The van der Waals surface area contributed by atoms with E-state index >= 15 is 0 Å². The van der Waals surface area contributed by atoms with E-state index in [0.717, 1.165) is 0 Å². The maximum Gasteiger partial charge on any atom is 0.315 e. The number of rotatable bonds is 6. The molecule has 0 spiro atoms. The molecule has 0 saturated heterocycles. The van der Waals surface area contributed by atoms with Gasteiger partial charge in [0, 0.05) is 25.0 Å². The molecule has 0 aliphatic heterocycles. The summed E-state index contributed by atoms with van der Waals surface area (Å²) in [4.78, 5) is 22.6. The molecular weight excluding hydrogens is 226 g/mol. The Morgan fingerprint density at radius 3 is 2.75 bits per heavy atom.